The molecule has 0 unspecified atom stereocenters. The number of methoxy groups -OCH3 is 1. The Hall–Kier alpha value is -3.48. The number of hydrogen-bond acceptors (Lipinski definition) is 6. The summed E-state index contributed by atoms with van der Waals surface area (Å²) >= 11 is 0. The second-order valence-corrected chi connectivity index (χ2v) is 6.48. The number of Topliss-reactive ketones (excluding diaryl/α,β-unsaturated/α-hetero) is 1. The van der Waals surface area contributed by atoms with Crippen LogP contribution in [0.5, 0.6) is 5.75 Å². The predicted molar refractivity (Wildman–Crippen MR) is 105 cm³/mol. The van der Waals surface area contributed by atoms with Crippen LogP contribution in [0.15, 0.2) is 48.5 Å². The summed E-state index contributed by atoms with van der Waals surface area (Å²) in [6.07, 6.45) is 1.94. The molecule has 0 radical (unpaired) electrons. The molecule has 0 spiro atoms. The third-order valence-electron chi connectivity index (χ3n) is 4.51. The Balaban J connectivity index is 1.72. The zero-order valence-corrected chi connectivity index (χ0v) is 15.3. The number of halogens is 1. The van der Waals surface area contributed by atoms with E-state index >= 15 is 0 Å². The molecule has 0 fully saturated rings. The van der Waals surface area contributed by atoms with Gasteiger partial charge in [-0.1, -0.05) is 6.07 Å². The van der Waals surface area contributed by atoms with Gasteiger partial charge in [-0.15, -0.1) is 0 Å². The fourth-order valence-corrected chi connectivity index (χ4v) is 3.17. The molecule has 1 aliphatic carbocycles. The van der Waals surface area contributed by atoms with E-state index in [1.165, 1.54) is 12.1 Å². The molecule has 142 valence electrons. The van der Waals surface area contributed by atoms with Crippen molar-refractivity contribution in [1.82, 2.24) is 9.97 Å². The maximum atomic E-state index is 13.1. The monoisotopic (exact) mass is 378 g/mol. The molecular weight excluding hydrogens is 359 g/mol. The Morgan fingerprint density at radius 1 is 1.00 bits per heavy atom. The number of benzene rings is 2. The van der Waals surface area contributed by atoms with Crippen LogP contribution in [-0.2, 0) is 6.42 Å². The number of rotatable bonds is 5. The maximum Gasteiger partial charge on any atom is 0.229 e. The Morgan fingerprint density at radius 3 is 2.61 bits per heavy atom. The Kier molecular flexibility index (Phi) is 4.89. The molecule has 0 aliphatic heterocycles. The molecule has 6 nitrogen and oxygen atoms in total. The predicted octanol–water partition coefficient (Wildman–Crippen LogP) is 4.63. The van der Waals surface area contributed by atoms with Gasteiger partial charge in [0, 0.05) is 23.9 Å². The van der Waals surface area contributed by atoms with Gasteiger partial charge in [-0.3, -0.25) is 4.79 Å². The van der Waals surface area contributed by atoms with E-state index in [9.17, 15) is 9.18 Å². The van der Waals surface area contributed by atoms with Gasteiger partial charge in [-0.25, -0.2) is 9.37 Å². The van der Waals surface area contributed by atoms with Crippen molar-refractivity contribution in [2.24, 2.45) is 0 Å². The van der Waals surface area contributed by atoms with Crippen LogP contribution in [-0.4, -0.2) is 22.9 Å². The van der Waals surface area contributed by atoms with Gasteiger partial charge in [0.1, 0.15) is 17.4 Å². The number of ether oxygens (including phenoxy) is 1. The fourth-order valence-electron chi connectivity index (χ4n) is 3.17. The number of carbonyl (C=O) groups excluding carboxylic acids is 1. The van der Waals surface area contributed by atoms with Gasteiger partial charge >= 0.3 is 0 Å². The van der Waals surface area contributed by atoms with Crippen LogP contribution in [0, 0.1) is 5.82 Å². The summed E-state index contributed by atoms with van der Waals surface area (Å²) in [5.41, 5.74) is 2.65. The van der Waals surface area contributed by atoms with Gasteiger partial charge in [-0.2, -0.15) is 4.98 Å². The molecule has 1 heterocycles. The Bertz CT molecular complexity index is 1020. The number of nitrogens with zero attached hydrogens (tertiary/aromatic N) is 2. The first-order chi connectivity index (χ1) is 13.6. The van der Waals surface area contributed by atoms with Gasteiger partial charge in [-0.05, 0) is 49.2 Å². The molecule has 0 saturated heterocycles. The van der Waals surface area contributed by atoms with Crippen molar-refractivity contribution >= 4 is 28.9 Å². The van der Waals surface area contributed by atoms with Crippen molar-refractivity contribution in [2.45, 2.75) is 19.3 Å². The molecule has 28 heavy (non-hydrogen) atoms. The van der Waals surface area contributed by atoms with Gasteiger partial charge in [0.15, 0.2) is 5.78 Å². The van der Waals surface area contributed by atoms with Gasteiger partial charge < -0.3 is 15.4 Å². The molecular formula is C21H19FN4O2. The summed E-state index contributed by atoms with van der Waals surface area (Å²) in [5, 5.41) is 6.30. The number of hydrogen-bond donors (Lipinski definition) is 2. The van der Waals surface area contributed by atoms with Gasteiger partial charge in [0.05, 0.1) is 18.4 Å². The number of aryl methyl sites for hydroxylation is 1. The highest BCUT2D eigenvalue weighted by atomic mass is 19.1. The first-order valence-corrected chi connectivity index (χ1v) is 9.00. The molecule has 3 aromatic rings. The average Bonchev–Trinajstić information content (AvgIpc) is 2.70. The summed E-state index contributed by atoms with van der Waals surface area (Å²) in [6.45, 7) is 0. The lowest BCUT2D eigenvalue weighted by molar-refractivity contribution is 0.0972. The molecule has 4 rings (SSSR count). The van der Waals surface area contributed by atoms with Crippen LogP contribution in [0.4, 0.5) is 27.5 Å². The van der Waals surface area contributed by atoms with Gasteiger partial charge in [0.25, 0.3) is 0 Å². The molecule has 1 aromatic heterocycles. The Labute approximate surface area is 161 Å². The van der Waals surface area contributed by atoms with E-state index in [4.69, 9.17) is 4.74 Å². The molecule has 0 amide bonds. The second kappa shape index (κ2) is 7.64. The smallest absolute Gasteiger partial charge is 0.229 e. The zero-order valence-electron chi connectivity index (χ0n) is 15.3. The normalized spacial score (nSPS) is 13.0. The number of carbonyl (C=O) groups is 1. The van der Waals surface area contributed by atoms with E-state index < -0.39 is 0 Å². The van der Waals surface area contributed by atoms with Crippen molar-refractivity contribution in [3.63, 3.8) is 0 Å². The third kappa shape index (κ3) is 3.78. The molecule has 2 aromatic carbocycles. The number of anilines is 4. The lowest BCUT2D eigenvalue weighted by Crippen LogP contribution is -2.17. The SMILES string of the molecule is COc1cccc(Nc2nc(Nc3ccc(F)cc3)nc3c2C(=O)CCC3)c1. The van der Waals surface area contributed by atoms with E-state index in [0.29, 0.717) is 47.3 Å². The summed E-state index contributed by atoms with van der Waals surface area (Å²) < 4.78 is 18.4. The highest BCUT2D eigenvalue weighted by Gasteiger charge is 2.24. The minimum Gasteiger partial charge on any atom is -0.497 e. The minimum atomic E-state index is -0.317. The van der Waals surface area contributed by atoms with Crippen molar-refractivity contribution in [3.8, 4) is 5.75 Å². The summed E-state index contributed by atoms with van der Waals surface area (Å²) in [7, 11) is 1.60. The van der Waals surface area contributed by atoms with E-state index in [2.05, 4.69) is 20.6 Å². The van der Waals surface area contributed by atoms with Gasteiger partial charge in [0.2, 0.25) is 5.95 Å². The van der Waals surface area contributed by atoms with Crippen LogP contribution in [0.1, 0.15) is 28.9 Å². The molecule has 0 bridgehead atoms. The lowest BCUT2D eigenvalue weighted by Gasteiger charge is -2.19. The van der Waals surface area contributed by atoms with E-state index in [1.807, 2.05) is 24.3 Å². The first-order valence-electron chi connectivity index (χ1n) is 9.00. The number of nitrogens with one attached hydrogen (secondary N) is 2. The van der Waals surface area contributed by atoms with Crippen LogP contribution in [0.25, 0.3) is 0 Å². The van der Waals surface area contributed by atoms with Crippen LogP contribution >= 0.6 is 0 Å². The minimum absolute atomic E-state index is 0.0278. The lowest BCUT2D eigenvalue weighted by atomic mass is 9.95. The third-order valence-corrected chi connectivity index (χ3v) is 4.51. The molecule has 1 aliphatic rings. The number of aromatic nitrogens is 2. The quantitative estimate of drug-likeness (QED) is 0.674. The molecule has 0 atom stereocenters. The highest BCUT2D eigenvalue weighted by Crippen LogP contribution is 2.30. The Morgan fingerprint density at radius 2 is 1.82 bits per heavy atom. The van der Waals surface area contributed by atoms with Crippen molar-refractivity contribution in [2.75, 3.05) is 17.7 Å². The summed E-state index contributed by atoms with van der Waals surface area (Å²) in [5.74, 6) is 1.21. The maximum absolute atomic E-state index is 13.1. The summed E-state index contributed by atoms with van der Waals surface area (Å²) in [6, 6.07) is 13.3. The molecule has 2 N–H and O–H groups in total. The zero-order chi connectivity index (χ0) is 19.5. The standard InChI is InChI=1S/C21H19FN4O2/c1-28-16-5-2-4-15(12-16)23-20-19-17(6-3-7-18(19)27)25-21(26-20)24-14-10-8-13(22)9-11-14/h2,4-5,8-12H,3,6-7H2,1H3,(H2,23,24,25,26). The van der Waals surface area contributed by atoms with E-state index in [1.54, 1.807) is 19.2 Å². The molecule has 0 saturated carbocycles. The summed E-state index contributed by atoms with van der Waals surface area (Å²) in [4.78, 5) is 21.6. The van der Waals surface area contributed by atoms with Crippen molar-refractivity contribution in [1.29, 1.82) is 0 Å². The van der Waals surface area contributed by atoms with Crippen LogP contribution in [0.3, 0.4) is 0 Å². The van der Waals surface area contributed by atoms with E-state index in [0.717, 1.165) is 12.1 Å². The van der Waals surface area contributed by atoms with E-state index in [-0.39, 0.29) is 11.6 Å². The highest BCUT2D eigenvalue weighted by molar-refractivity contribution is 6.03. The largest absolute Gasteiger partial charge is 0.497 e. The van der Waals surface area contributed by atoms with Crippen molar-refractivity contribution < 1.29 is 13.9 Å². The number of fused-ring (bicyclic) bond motifs is 1. The topological polar surface area (TPSA) is 76.1 Å². The molecule has 7 heteroatoms. The average molecular weight is 378 g/mol. The fraction of sp³-hybridized carbons (Fsp3) is 0.190. The first kappa shape index (κ1) is 17.9. The van der Waals surface area contributed by atoms with Crippen LogP contribution < -0.4 is 15.4 Å². The van der Waals surface area contributed by atoms with Crippen LogP contribution in [0.2, 0.25) is 0 Å². The number of ketones is 1. The van der Waals surface area contributed by atoms with Crippen molar-refractivity contribution in [3.05, 3.63) is 65.6 Å². The second-order valence-electron chi connectivity index (χ2n) is 6.48.